The van der Waals surface area contributed by atoms with Gasteiger partial charge in [-0.1, -0.05) is 13.0 Å². The SMILES string of the molecule is CCC(O)CNc1c(C#N)cccc1OC. The highest BCUT2D eigenvalue weighted by Gasteiger charge is 2.09. The van der Waals surface area contributed by atoms with Gasteiger partial charge in [0.1, 0.15) is 11.8 Å². The van der Waals surface area contributed by atoms with E-state index in [2.05, 4.69) is 11.4 Å². The fraction of sp³-hybridized carbons (Fsp3) is 0.417. The van der Waals surface area contributed by atoms with E-state index in [1.807, 2.05) is 6.92 Å². The number of anilines is 1. The summed E-state index contributed by atoms with van der Waals surface area (Å²) in [5.41, 5.74) is 1.16. The maximum absolute atomic E-state index is 9.46. The molecule has 1 aromatic carbocycles. The average Bonchev–Trinajstić information content (AvgIpc) is 2.35. The lowest BCUT2D eigenvalue weighted by Crippen LogP contribution is -2.19. The Kier molecular flexibility index (Phi) is 4.62. The van der Waals surface area contributed by atoms with E-state index in [1.54, 1.807) is 25.3 Å². The molecule has 1 aromatic rings. The molecule has 16 heavy (non-hydrogen) atoms. The van der Waals surface area contributed by atoms with E-state index in [-0.39, 0.29) is 0 Å². The van der Waals surface area contributed by atoms with Crippen LogP contribution in [0.1, 0.15) is 18.9 Å². The summed E-state index contributed by atoms with van der Waals surface area (Å²) in [6, 6.07) is 7.34. The van der Waals surface area contributed by atoms with E-state index in [0.29, 0.717) is 30.0 Å². The molecule has 0 fully saturated rings. The number of rotatable bonds is 5. The molecule has 0 aliphatic heterocycles. The lowest BCUT2D eigenvalue weighted by Gasteiger charge is -2.14. The van der Waals surface area contributed by atoms with Crippen LogP contribution in [0.2, 0.25) is 0 Å². The predicted molar refractivity (Wildman–Crippen MR) is 62.5 cm³/mol. The predicted octanol–water partition coefficient (Wildman–Crippen LogP) is 1.75. The van der Waals surface area contributed by atoms with Crippen molar-refractivity contribution in [2.24, 2.45) is 0 Å². The molecule has 0 saturated heterocycles. The first-order valence-electron chi connectivity index (χ1n) is 5.22. The number of aliphatic hydroxyl groups is 1. The van der Waals surface area contributed by atoms with Crippen molar-refractivity contribution in [2.75, 3.05) is 19.0 Å². The van der Waals surface area contributed by atoms with Gasteiger partial charge < -0.3 is 15.2 Å². The number of methoxy groups -OCH3 is 1. The number of hydrogen-bond donors (Lipinski definition) is 2. The Morgan fingerprint density at radius 1 is 1.56 bits per heavy atom. The van der Waals surface area contributed by atoms with Crippen molar-refractivity contribution >= 4 is 5.69 Å². The van der Waals surface area contributed by atoms with Crippen molar-refractivity contribution in [1.82, 2.24) is 0 Å². The van der Waals surface area contributed by atoms with E-state index in [4.69, 9.17) is 10.00 Å². The number of nitriles is 1. The van der Waals surface area contributed by atoms with Gasteiger partial charge in [-0.05, 0) is 18.6 Å². The normalized spacial score (nSPS) is 11.6. The molecule has 0 aromatic heterocycles. The van der Waals surface area contributed by atoms with Crippen LogP contribution < -0.4 is 10.1 Å². The summed E-state index contributed by atoms with van der Waals surface area (Å²) in [6.07, 6.45) is 0.251. The largest absolute Gasteiger partial charge is 0.495 e. The van der Waals surface area contributed by atoms with Gasteiger partial charge in [-0.25, -0.2) is 0 Å². The molecule has 0 amide bonds. The number of aliphatic hydroxyl groups excluding tert-OH is 1. The first-order chi connectivity index (χ1) is 7.72. The second kappa shape index (κ2) is 5.99. The lowest BCUT2D eigenvalue weighted by atomic mass is 10.1. The molecule has 0 saturated carbocycles. The number of nitrogens with one attached hydrogen (secondary N) is 1. The van der Waals surface area contributed by atoms with Gasteiger partial charge in [-0.2, -0.15) is 5.26 Å². The summed E-state index contributed by atoms with van der Waals surface area (Å²) in [4.78, 5) is 0. The molecule has 0 radical (unpaired) electrons. The van der Waals surface area contributed by atoms with Gasteiger partial charge in [0.15, 0.2) is 0 Å². The quantitative estimate of drug-likeness (QED) is 0.793. The maximum atomic E-state index is 9.46. The summed E-state index contributed by atoms with van der Waals surface area (Å²) in [6.45, 7) is 2.31. The van der Waals surface area contributed by atoms with E-state index in [1.165, 1.54) is 0 Å². The highest BCUT2D eigenvalue weighted by molar-refractivity contribution is 5.66. The zero-order chi connectivity index (χ0) is 12.0. The number of ether oxygens (including phenoxy) is 1. The summed E-state index contributed by atoms with van der Waals surface area (Å²) < 4.78 is 5.16. The third-order valence-corrected chi connectivity index (χ3v) is 2.35. The number of benzene rings is 1. The molecule has 0 aliphatic rings. The minimum atomic E-state index is -0.420. The molecule has 2 N–H and O–H groups in total. The summed E-state index contributed by atoms with van der Waals surface area (Å²) in [5, 5.41) is 21.4. The highest BCUT2D eigenvalue weighted by atomic mass is 16.5. The Bertz CT molecular complexity index is 385. The molecule has 86 valence electrons. The first-order valence-corrected chi connectivity index (χ1v) is 5.22. The van der Waals surface area contributed by atoms with Crippen LogP contribution in [0.3, 0.4) is 0 Å². The van der Waals surface area contributed by atoms with E-state index in [9.17, 15) is 5.11 Å². The van der Waals surface area contributed by atoms with E-state index in [0.717, 1.165) is 0 Å². The van der Waals surface area contributed by atoms with Gasteiger partial charge in [-0.3, -0.25) is 0 Å². The lowest BCUT2D eigenvalue weighted by molar-refractivity contribution is 0.183. The Morgan fingerprint density at radius 3 is 2.88 bits per heavy atom. The second-order valence-electron chi connectivity index (χ2n) is 3.44. The van der Waals surface area contributed by atoms with Crippen LogP contribution in [-0.2, 0) is 0 Å². The maximum Gasteiger partial charge on any atom is 0.143 e. The molecule has 4 nitrogen and oxygen atoms in total. The van der Waals surface area contributed by atoms with Gasteiger partial charge in [0, 0.05) is 6.54 Å². The first kappa shape index (κ1) is 12.3. The van der Waals surface area contributed by atoms with Gasteiger partial charge in [-0.15, -0.1) is 0 Å². The average molecular weight is 220 g/mol. The molecule has 1 unspecified atom stereocenters. The van der Waals surface area contributed by atoms with Crippen LogP contribution in [0.4, 0.5) is 5.69 Å². The van der Waals surface area contributed by atoms with Gasteiger partial charge in [0.05, 0.1) is 24.5 Å². The monoisotopic (exact) mass is 220 g/mol. The molecular weight excluding hydrogens is 204 g/mol. The third kappa shape index (κ3) is 2.88. The minimum absolute atomic E-state index is 0.408. The van der Waals surface area contributed by atoms with Crippen molar-refractivity contribution in [2.45, 2.75) is 19.4 Å². The Morgan fingerprint density at radius 2 is 2.31 bits per heavy atom. The van der Waals surface area contributed by atoms with E-state index < -0.39 is 6.10 Å². The van der Waals surface area contributed by atoms with Gasteiger partial charge >= 0.3 is 0 Å². The molecule has 1 rings (SSSR count). The molecule has 0 spiro atoms. The van der Waals surface area contributed by atoms with Crippen molar-refractivity contribution in [3.63, 3.8) is 0 Å². The Balaban J connectivity index is 2.88. The fourth-order valence-electron chi connectivity index (χ4n) is 1.34. The van der Waals surface area contributed by atoms with E-state index >= 15 is 0 Å². The zero-order valence-electron chi connectivity index (χ0n) is 9.53. The minimum Gasteiger partial charge on any atom is -0.495 e. The summed E-state index contributed by atoms with van der Waals surface area (Å²) in [5.74, 6) is 0.613. The summed E-state index contributed by atoms with van der Waals surface area (Å²) in [7, 11) is 1.55. The third-order valence-electron chi connectivity index (χ3n) is 2.35. The van der Waals surface area contributed by atoms with Crippen LogP contribution in [-0.4, -0.2) is 24.9 Å². The molecule has 0 bridgehead atoms. The Hall–Kier alpha value is -1.73. The van der Waals surface area contributed by atoms with Crippen molar-refractivity contribution in [3.8, 4) is 11.8 Å². The second-order valence-corrected chi connectivity index (χ2v) is 3.44. The van der Waals surface area contributed by atoms with Crippen LogP contribution in [0.5, 0.6) is 5.75 Å². The number of nitrogens with zero attached hydrogens (tertiary/aromatic N) is 1. The van der Waals surface area contributed by atoms with Crippen molar-refractivity contribution in [3.05, 3.63) is 23.8 Å². The van der Waals surface area contributed by atoms with Crippen LogP contribution in [0, 0.1) is 11.3 Å². The standard InChI is InChI=1S/C12H16N2O2/c1-3-10(15)8-14-12-9(7-13)5-4-6-11(12)16-2/h4-6,10,14-15H,3,8H2,1-2H3. The van der Waals surface area contributed by atoms with Crippen LogP contribution >= 0.6 is 0 Å². The Labute approximate surface area is 95.5 Å². The molecule has 0 aliphatic carbocycles. The van der Waals surface area contributed by atoms with Crippen LogP contribution in [0.15, 0.2) is 18.2 Å². The molecule has 0 heterocycles. The molecule has 4 heteroatoms. The smallest absolute Gasteiger partial charge is 0.143 e. The van der Waals surface area contributed by atoms with Crippen LogP contribution in [0.25, 0.3) is 0 Å². The van der Waals surface area contributed by atoms with Crippen molar-refractivity contribution in [1.29, 1.82) is 5.26 Å². The zero-order valence-corrected chi connectivity index (χ0v) is 9.53. The van der Waals surface area contributed by atoms with Crippen molar-refractivity contribution < 1.29 is 9.84 Å². The highest BCUT2D eigenvalue weighted by Crippen LogP contribution is 2.27. The topological polar surface area (TPSA) is 65.3 Å². The summed E-state index contributed by atoms with van der Waals surface area (Å²) >= 11 is 0. The molecule has 1 atom stereocenters. The molecular formula is C12H16N2O2. The number of para-hydroxylation sites is 1. The fourth-order valence-corrected chi connectivity index (χ4v) is 1.34. The number of hydrogen-bond acceptors (Lipinski definition) is 4. The van der Waals surface area contributed by atoms with Gasteiger partial charge in [0.25, 0.3) is 0 Å². The van der Waals surface area contributed by atoms with Gasteiger partial charge in [0.2, 0.25) is 0 Å².